The highest BCUT2D eigenvalue weighted by Gasteiger charge is 2.17. The Kier molecular flexibility index (Phi) is 7.65. The predicted octanol–water partition coefficient (Wildman–Crippen LogP) is 3.13. The van der Waals surface area contributed by atoms with Gasteiger partial charge in [0.15, 0.2) is 6.61 Å². The molecule has 7 nitrogen and oxygen atoms in total. The molecule has 2 aromatic rings. The highest BCUT2D eigenvalue weighted by molar-refractivity contribution is 7.98. The van der Waals surface area contributed by atoms with Gasteiger partial charge in [-0.05, 0) is 31.9 Å². The van der Waals surface area contributed by atoms with Crippen molar-refractivity contribution in [1.82, 2.24) is 15.5 Å². The van der Waals surface area contributed by atoms with Crippen molar-refractivity contribution in [3.63, 3.8) is 0 Å². The highest BCUT2D eigenvalue weighted by atomic mass is 32.2. The number of esters is 1. The van der Waals surface area contributed by atoms with Crippen LogP contribution >= 0.6 is 11.8 Å². The number of thioether (sulfide) groups is 1. The van der Waals surface area contributed by atoms with Crippen LogP contribution in [0.5, 0.6) is 0 Å². The summed E-state index contributed by atoms with van der Waals surface area (Å²) in [5.74, 6) is 0.369. The number of pyridine rings is 1. The van der Waals surface area contributed by atoms with E-state index < -0.39 is 5.97 Å². The molecule has 2 rings (SSSR count). The van der Waals surface area contributed by atoms with Crippen LogP contribution in [0.1, 0.15) is 48.5 Å². The number of rotatable bonds is 9. The van der Waals surface area contributed by atoms with Crippen molar-refractivity contribution in [2.45, 2.75) is 50.4 Å². The van der Waals surface area contributed by atoms with E-state index in [-0.39, 0.29) is 18.6 Å². The normalized spacial score (nSPS) is 10.8. The van der Waals surface area contributed by atoms with Crippen LogP contribution in [0.4, 0.5) is 0 Å². The number of aryl methyl sites for hydroxylation is 1. The number of nitrogens with one attached hydrogen (secondary N) is 1. The minimum absolute atomic E-state index is 0.0941. The van der Waals surface area contributed by atoms with Crippen molar-refractivity contribution in [3.05, 3.63) is 41.4 Å². The Morgan fingerprint density at radius 1 is 1.35 bits per heavy atom. The molecule has 2 aromatic heterocycles. The van der Waals surface area contributed by atoms with Crippen LogP contribution in [0.3, 0.4) is 0 Å². The van der Waals surface area contributed by atoms with E-state index in [0.717, 1.165) is 24.3 Å². The summed E-state index contributed by atoms with van der Waals surface area (Å²) in [4.78, 5) is 28.4. The van der Waals surface area contributed by atoms with Gasteiger partial charge in [-0.25, -0.2) is 9.78 Å². The average molecular weight is 377 g/mol. The van der Waals surface area contributed by atoms with Crippen LogP contribution in [-0.2, 0) is 15.3 Å². The molecular weight excluding hydrogens is 354 g/mol. The molecule has 0 spiro atoms. The molecule has 0 unspecified atom stereocenters. The van der Waals surface area contributed by atoms with Gasteiger partial charge in [0, 0.05) is 24.1 Å². The molecule has 26 heavy (non-hydrogen) atoms. The van der Waals surface area contributed by atoms with Crippen molar-refractivity contribution in [2.24, 2.45) is 0 Å². The number of aromatic nitrogens is 2. The summed E-state index contributed by atoms with van der Waals surface area (Å²) in [7, 11) is 0. The van der Waals surface area contributed by atoms with Crippen LogP contribution in [0.2, 0.25) is 0 Å². The third-order valence-corrected chi connectivity index (χ3v) is 4.75. The van der Waals surface area contributed by atoms with Gasteiger partial charge in [0.05, 0.1) is 11.3 Å². The number of carbonyl (C=O) groups is 2. The van der Waals surface area contributed by atoms with Gasteiger partial charge < -0.3 is 14.6 Å². The van der Waals surface area contributed by atoms with E-state index in [1.165, 1.54) is 11.8 Å². The minimum atomic E-state index is -0.573. The first-order chi connectivity index (χ1) is 12.5. The zero-order valence-corrected chi connectivity index (χ0v) is 16.0. The fourth-order valence-electron chi connectivity index (χ4n) is 2.26. The van der Waals surface area contributed by atoms with E-state index in [1.807, 2.05) is 26.8 Å². The summed E-state index contributed by atoms with van der Waals surface area (Å²) in [5, 5.41) is 7.27. The Morgan fingerprint density at radius 3 is 2.77 bits per heavy atom. The predicted molar refractivity (Wildman–Crippen MR) is 97.8 cm³/mol. The number of amides is 1. The lowest BCUT2D eigenvalue weighted by Gasteiger charge is -2.14. The number of ether oxygens (including phenoxy) is 1. The fourth-order valence-corrected chi connectivity index (χ4v) is 3.12. The molecule has 0 bridgehead atoms. The number of hydrogen-bond donors (Lipinski definition) is 1. The molecule has 1 amide bonds. The third kappa shape index (κ3) is 5.87. The molecule has 0 aromatic carbocycles. The SMILES string of the molecule is CCC(CC)NC(=O)COC(=O)c1cccnc1SCc1cc(C)on1. The maximum atomic E-state index is 12.3. The highest BCUT2D eigenvalue weighted by Crippen LogP contribution is 2.24. The quantitative estimate of drug-likeness (QED) is 0.530. The van der Waals surface area contributed by atoms with Crippen molar-refractivity contribution in [3.8, 4) is 0 Å². The number of nitrogens with zero attached hydrogens (tertiary/aromatic N) is 2. The summed E-state index contributed by atoms with van der Waals surface area (Å²) in [6.45, 7) is 5.50. The molecule has 1 N–H and O–H groups in total. The number of carbonyl (C=O) groups excluding carboxylic acids is 2. The van der Waals surface area contributed by atoms with Gasteiger partial charge in [-0.15, -0.1) is 0 Å². The van der Waals surface area contributed by atoms with Crippen LogP contribution in [-0.4, -0.2) is 34.7 Å². The Balaban J connectivity index is 1.93. The lowest BCUT2D eigenvalue weighted by atomic mass is 10.2. The Labute approximate surface area is 156 Å². The van der Waals surface area contributed by atoms with Crippen LogP contribution in [0, 0.1) is 6.92 Å². The third-order valence-electron chi connectivity index (χ3n) is 3.71. The molecule has 0 aliphatic carbocycles. The van der Waals surface area contributed by atoms with E-state index in [9.17, 15) is 9.59 Å². The summed E-state index contributed by atoms with van der Waals surface area (Å²) < 4.78 is 10.2. The van der Waals surface area contributed by atoms with Crippen molar-refractivity contribution in [1.29, 1.82) is 0 Å². The zero-order valence-electron chi connectivity index (χ0n) is 15.2. The van der Waals surface area contributed by atoms with Crippen LogP contribution in [0.15, 0.2) is 33.9 Å². The molecule has 140 valence electrons. The second-order valence-electron chi connectivity index (χ2n) is 5.73. The average Bonchev–Trinajstić information content (AvgIpc) is 3.08. The van der Waals surface area contributed by atoms with Gasteiger partial charge in [0.2, 0.25) is 0 Å². The minimum Gasteiger partial charge on any atom is -0.452 e. The molecule has 0 saturated carbocycles. The summed E-state index contributed by atoms with van der Waals surface area (Å²) in [6.07, 6.45) is 3.27. The molecular formula is C18H23N3O4S. The Bertz CT molecular complexity index is 744. The summed E-state index contributed by atoms with van der Waals surface area (Å²) in [6, 6.07) is 5.21. The second kappa shape index (κ2) is 9.96. The van der Waals surface area contributed by atoms with E-state index in [1.54, 1.807) is 18.3 Å². The largest absolute Gasteiger partial charge is 0.452 e. The van der Waals surface area contributed by atoms with E-state index >= 15 is 0 Å². The van der Waals surface area contributed by atoms with Crippen molar-refractivity contribution < 1.29 is 18.8 Å². The molecule has 0 saturated heterocycles. The van der Waals surface area contributed by atoms with Gasteiger partial charge in [-0.1, -0.05) is 30.8 Å². The van der Waals surface area contributed by atoms with Crippen LogP contribution < -0.4 is 5.32 Å². The molecule has 2 heterocycles. The monoisotopic (exact) mass is 377 g/mol. The molecule has 0 fully saturated rings. The van der Waals surface area contributed by atoms with Crippen molar-refractivity contribution in [2.75, 3.05) is 6.61 Å². The molecule has 0 aliphatic heterocycles. The molecule has 0 aliphatic rings. The first kappa shape index (κ1) is 20.0. The van der Waals surface area contributed by atoms with E-state index in [2.05, 4.69) is 15.5 Å². The molecule has 8 heteroatoms. The summed E-state index contributed by atoms with van der Waals surface area (Å²) in [5.41, 5.74) is 1.09. The van der Waals surface area contributed by atoms with E-state index in [4.69, 9.17) is 9.26 Å². The van der Waals surface area contributed by atoms with E-state index in [0.29, 0.717) is 16.3 Å². The standard InChI is InChI=1S/C18H23N3O4S/c1-4-13(5-2)20-16(22)10-24-18(23)15-7-6-8-19-17(15)26-11-14-9-12(3)25-21-14/h6-9,13H,4-5,10-11H2,1-3H3,(H,20,22). The zero-order chi connectivity index (χ0) is 18.9. The fraction of sp³-hybridized carbons (Fsp3) is 0.444. The molecule has 0 atom stereocenters. The van der Waals surface area contributed by atoms with Crippen LogP contribution in [0.25, 0.3) is 0 Å². The molecule has 0 radical (unpaired) electrons. The lowest BCUT2D eigenvalue weighted by molar-refractivity contribution is -0.125. The van der Waals surface area contributed by atoms with Gasteiger partial charge in [0.25, 0.3) is 5.91 Å². The summed E-state index contributed by atoms with van der Waals surface area (Å²) >= 11 is 1.36. The van der Waals surface area contributed by atoms with Gasteiger partial charge >= 0.3 is 5.97 Å². The van der Waals surface area contributed by atoms with Gasteiger partial charge in [-0.3, -0.25) is 4.79 Å². The number of hydrogen-bond acceptors (Lipinski definition) is 7. The van der Waals surface area contributed by atoms with Crippen molar-refractivity contribution >= 4 is 23.6 Å². The topological polar surface area (TPSA) is 94.3 Å². The second-order valence-corrected chi connectivity index (χ2v) is 6.69. The first-order valence-electron chi connectivity index (χ1n) is 8.50. The maximum Gasteiger partial charge on any atom is 0.341 e. The Hall–Kier alpha value is -2.35. The Morgan fingerprint density at radius 2 is 2.12 bits per heavy atom. The van der Waals surface area contributed by atoms with Gasteiger partial charge in [0.1, 0.15) is 10.8 Å². The first-order valence-corrected chi connectivity index (χ1v) is 9.48. The maximum absolute atomic E-state index is 12.3. The lowest BCUT2D eigenvalue weighted by Crippen LogP contribution is -2.36. The smallest absolute Gasteiger partial charge is 0.341 e. The van der Waals surface area contributed by atoms with Gasteiger partial charge in [-0.2, -0.15) is 0 Å².